The SMILES string of the molecule is CCCCCCCC(CC)P(=O)(O)OCC(O)COCCOCCOCCOCCCNP(=O)(O)C(CC)CCCCC. The van der Waals surface area contributed by atoms with Crippen molar-refractivity contribution in [3.63, 3.8) is 0 Å². The molecule has 0 bridgehead atoms. The topological polar surface area (TPSA) is 153 Å². The van der Waals surface area contributed by atoms with E-state index in [1.165, 1.54) is 6.42 Å². The fraction of sp³-hybridized carbons (Fsp3) is 1.00. The van der Waals surface area contributed by atoms with Crippen LogP contribution < -0.4 is 5.09 Å². The van der Waals surface area contributed by atoms with Crippen molar-refractivity contribution >= 4 is 15.1 Å². The van der Waals surface area contributed by atoms with E-state index in [9.17, 15) is 24.0 Å². The summed E-state index contributed by atoms with van der Waals surface area (Å²) in [7, 11) is -7.13. The molecule has 0 aromatic heterocycles. The van der Waals surface area contributed by atoms with Crippen LogP contribution in [0.4, 0.5) is 0 Å². The third-order valence-electron chi connectivity index (χ3n) is 7.36. The van der Waals surface area contributed by atoms with Crippen molar-refractivity contribution in [2.45, 2.75) is 129 Å². The Labute approximate surface area is 262 Å². The molecule has 0 radical (unpaired) electrons. The molecule has 0 aliphatic carbocycles. The van der Waals surface area contributed by atoms with Gasteiger partial charge in [-0.2, -0.15) is 0 Å². The van der Waals surface area contributed by atoms with Crippen molar-refractivity contribution in [1.82, 2.24) is 5.09 Å². The molecule has 0 spiro atoms. The largest absolute Gasteiger partial charge is 0.388 e. The Kier molecular flexibility index (Phi) is 28.4. The molecule has 11 nitrogen and oxygen atoms in total. The number of ether oxygens (including phenoxy) is 4. The van der Waals surface area contributed by atoms with Crippen molar-refractivity contribution in [2.24, 2.45) is 0 Å². The number of rotatable bonds is 33. The van der Waals surface area contributed by atoms with Crippen molar-refractivity contribution in [1.29, 1.82) is 0 Å². The Hall–Kier alpha value is 0.1000. The Bertz CT molecular complexity index is 718. The predicted molar refractivity (Wildman–Crippen MR) is 173 cm³/mol. The number of hydrogen-bond acceptors (Lipinski definition) is 8. The van der Waals surface area contributed by atoms with Crippen molar-refractivity contribution in [2.75, 3.05) is 66.0 Å². The summed E-state index contributed by atoms with van der Waals surface area (Å²) in [5.41, 5.74) is -0.589. The van der Waals surface area contributed by atoms with Gasteiger partial charge in [0.25, 0.3) is 7.52 Å². The zero-order valence-electron chi connectivity index (χ0n) is 27.6. The summed E-state index contributed by atoms with van der Waals surface area (Å²) < 4.78 is 52.2. The Morgan fingerprint density at radius 2 is 1.09 bits per heavy atom. The third-order valence-corrected chi connectivity index (χ3v) is 11.7. The van der Waals surface area contributed by atoms with Crippen LogP contribution in [0.5, 0.6) is 0 Å². The normalized spacial score (nSPS) is 16.9. The van der Waals surface area contributed by atoms with E-state index in [-0.39, 0.29) is 25.5 Å². The lowest BCUT2D eigenvalue weighted by atomic mass is 10.1. The molecule has 0 saturated heterocycles. The Morgan fingerprint density at radius 1 is 0.605 bits per heavy atom. The van der Waals surface area contributed by atoms with Gasteiger partial charge in [0, 0.05) is 18.8 Å². The van der Waals surface area contributed by atoms with Gasteiger partial charge in [-0.1, -0.05) is 79.1 Å². The van der Waals surface area contributed by atoms with Crippen LogP contribution in [0.2, 0.25) is 0 Å². The molecule has 5 unspecified atom stereocenters. The van der Waals surface area contributed by atoms with Gasteiger partial charge in [0.15, 0.2) is 0 Å². The maximum Gasteiger partial charge on any atom is 0.331 e. The van der Waals surface area contributed by atoms with Gasteiger partial charge in [-0.3, -0.25) is 9.13 Å². The minimum atomic E-state index is -3.79. The molecule has 13 heteroatoms. The van der Waals surface area contributed by atoms with Crippen molar-refractivity contribution in [3.8, 4) is 0 Å². The second kappa shape index (κ2) is 28.3. The molecule has 0 saturated carbocycles. The molecule has 0 rings (SSSR count). The third kappa shape index (κ3) is 24.0. The summed E-state index contributed by atoms with van der Waals surface area (Å²) in [4.78, 5) is 20.7. The number of aliphatic hydroxyl groups is 1. The highest BCUT2D eigenvalue weighted by atomic mass is 31.2. The molecular weight excluding hydrogens is 596 g/mol. The molecule has 4 N–H and O–H groups in total. The van der Waals surface area contributed by atoms with E-state index in [1.807, 2.05) is 13.8 Å². The first-order valence-corrected chi connectivity index (χ1v) is 20.1. The van der Waals surface area contributed by atoms with Gasteiger partial charge in [0.05, 0.1) is 58.5 Å². The van der Waals surface area contributed by atoms with Crippen LogP contribution in [0.25, 0.3) is 0 Å². The lowest BCUT2D eigenvalue weighted by Crippen LogP contribution is -2.24. The maximum atomic E-state index is 12.6. The number of hydrogen-bond donors (Lipinski definition) is 4. The minimum absolute atomic E-state index is 0.00543. The second-order valence-corrected chi connectivity index (χ2v) is 15.5. The lowest BCUT2D eigenvalue weighted by Gasteiger charge is -2.22. The first-order valence-electron chi connectivity index (χ1n) is 16.7. The van der Waals surface area contributed by atoms with Gasteiger partial charge < -0.3 is 38.4 Å². The first kappa shape index (κ1) is 43.1. The molecule has 43 heavy (non-hydrogen) atoms. The van der Waals surface area contributed by atoms with Crippen LogP contribution in [0.15, 0.2) is 0 Å². The van der Waals surface area contributed by atoms with Gasteiger partial charge in [-0.15, -0.1) is 0 Å². The van der Waals surface area contributed by atoms with Crippen molar-refractivity contribution < 1.29 is 47.5 Å². The standard InChI is InChI=1S/C30H65NO10P2/c1-5-9-11-12-14-17-30(8-4)43(35,36)41-27-28(32)26-40-25-24-39-23-22-38-21-20-37-19-15-18-31-42(33,34)29(7-3)16-13-10-6-2/h28-30,32H,5-27H2,1-4H3,(H,35,36)(H2,31,33,34). The van der Waals surface area contributed by atoms with E-state index < -0.39 is 26.9 Å². The quantitative estimate of drug-likeness (QED) is 0.0464. The monoisotopic (exact) mass is 661 g/mol. The summed E-state index contributed by atoms with van der Waals surface area (Å²) >= 11 is 0. The maximum absolute atomic E-state index is 12.6. The van der Waals surface area contributed by atoms with E-state index >= 15 is 0 Å². The van der Waals surface area contributed by atoms with Crippen LogP contribution in [-0.2, 0) is 32.6 Å². The number of unbranched alkanes of at least 4 members (excludes halogenated alkanes) is 6. The molecule has 0 fully saturated rings. The molecule has 5 atom stereocenters. The van der Waals surface area contributed by atoms with Crippen LogP contribution in [0.1, 0.15) is 111 Å². The molecule has 0 aromatic rings. The fourth-order valence-electron chi connectivity index (χ4n) is 4.61. The second-order valence-electron chi connectivity index (χ2n) is 11.1. The smallest absolute Gasteiger partial charge is 0.331 e. The van der Waals surface area contributed by atoms with Gasteiger partial charge in [0.1, 0.15) is 6.10 Å². The van der Waals surface area contributed by atoms with E-state index in [2.05, 4.69) is 18.9 Å². The van der Waals surface area contributed by atoms with Gasteiger partial charge >= 0.3 is 7.60 Å². The van der Waals surface area contributed by atoms with Gasteiger partial charge in [-0.25, -0.2) is 5.09 Å². The Morgan fingerprint density at radius 3 is 1.67 bits per heavy atom. The summed E-state index contributed by atoms with van der Waals surface area (Å²) in [6.07, 6.45) is 11.0. The number of aliphatic hydroxyl groups excluding tert-OH is 1. The van der Waals surface area contributed by atoms with Crippen molar-refractivity contribution in [3.05, 3.63) is 0 Å². The molecule has 0 amide bonds. The van der Waals surface area contributed by atoms with Crippen LogP contribution in [-0.4, -0.2) is 98.3 Å². The van der Waals surface area contributed by atoms with Crippen LogP contribution >= 0.6 is 15.1 Å². The molecule has 0 aromatic carbocycles. The average molecular weight is 662 g/mol. The minimum Gasteiger partial charge on any atom is -0.388 e. The summed E-state index contributed by atoms with van der Waals surface area (Å²) in [6.45, 7) is 11.1. The molecule has 0 aliphatic heterocycles. The summed E-state index contributed by atoms with van der Waals surface area (Å²) in [5.74, 6) is 0. The van der Waals surface area contributed by atoms with Gasteiger partial charge in [-0.05, 0) is 32.1 Å². The van der Waals surface area contributed by atoms with E-state index in [0.717, 1.165) is 51.4 Å². The summed E-state index contributed by atoms with van der Waals surface area (Å²) in [5, 5.41) is 12.9. The zero-order chi connectivity index (χ0) is 32.2. The molecule has 260 valence electrons. The van der Waals surface area contributed by atoms with Crippen LogP contribution in [0, 0.1) is 0 Å². The predicted octanol–water partition coefficient (Wildman–Crippen LogP) is 6.28. The van der Waals surface area contributed by atoms with E-state index in [4.69, 9.17) is 23.5 Å². The highest BCUT2D eigenvalue weighted by Gasteiger charge is 2.31. The number of nitrogens with one attached hydrogen (secondary N) is 1. The van der Waals surface area contributed by atoms with E-state index in [0.29, 0.717) is 71.9 Å². The average Bonchev–Trinajstić information content (AvgIpc) is 2.97. The molecular formula is C30H65NO10P2. The van der Waals surface area contributed by atoms with Crippen LogP contribution in [0.3, 0.4) is 0 Å². The molecule has 0 aliphatic rings. The first-order chi connectivity index (χ1) is 20.6. The highest BCUT2D eigenvalue weighted by Crippen LogP contribution is 2.51. The molecule has 0 heterocycles. The Balaban J connectivity index is 3.69. The fourth-order valence-corrected chi connectivity index (χ4v) is 7.94. The highest BCUT2D eigenvalue weighted by molar-refractivity contribution is 7.56. The lowest BCUT2D eigenvalue weighted by molar-refractivity contribution is -0.0252. The summed E-state index contributed by atoms with van der Waals surface area (Å²) in [6, 6.07) is 0. The van der Waals surface area contributed by atoms with E-state index in [1.54, 1.807) is 0 Å². The van der Waals surface area contributed by atoms with Gasteiger partial charge in [0.2, 0.25) is 0 Å². The zero-order valence-corrected chi connectivity index (χ0v) is 29.4.